The van der Waals surface area contributed by atoms with Crippen molar-refractivity contribution >= 4 is 39.6 Å². The lowest BCUT2D eigenvalue weighted by Crippen LogP contribution is -2.46. The van der Waals surface area contributed by atoms with Crippen LogP contribution in [0.2, 0.25) is 0 Å². The van der Waals surface area contributed by atoms with E-state index in [1.54, 1.807) is 19.3 Å². The van der Waals surface area contributed by atoms with Crippen LogP contribution >= 0.6 is 0 Å². The van der Waals surface area contributed by atoms with Crippen molar-refractivity contribution in [2.24, 2.45) is 0 Å². The van der Waals surface area contributed by atoms with Crippen molar-refractivity contribution in [2.75, 3.05) is 35.2 Å². The summed E-state index contributed by atoms with van der Waals surface area (Å²) in [5, 5.41) is 8.32. The molecule has 2 aromatic carbocycles. The SMILES string of the molecule is CCOC(=O)[C@H](Cc1ccc(Nc2nc(C)cc3ccncc23)cc1)Nc1c(N(CC)CC)c(=O)c1=O. The Morgan fingerprint density at radius 1 is 1.05 bits per heavy atom. The number of aromatic nitrogens is 2. The summed E-state index contributed by atoms with van der Waals surface area (Å²) >= 11 is 0. The average molecular weight is 502 g/mol. The van der Waals surface area contributed by atoms with Crippen LogP contribution in [0.15, 0.2) is 58.4 Å². The highest BCUT2D eigenvalue weighted by Gasteiger charge is 2.29. The molecule has 0 saturated heterocycles. The summed E-state index contributed by atoms with van der Waals surface area (Å²) < 4.78 is 5.25. The highest BCUT2D eigenvalue weighted by Crippen LogP contribution is 2.26. The molecule has 0 aliphatic heterocycles. The van der Waals surface area contributed by atoms with Gasteiger partial charge < -0.3 is 20.3 Å². The molecule has 4 aromatic rings. The first-order valence-corrected chi connectivity index (χ1v) is 12.4. The van der Waals surface area contributed by atoms with E-state index in [9.17, 15) is 14.4 Å². The van der Waals surface area contributed by atoms with E-state index in [4.69, 9.17) is 4.74 Å². The van der Waals surface area contributed by atoms with E-state index in [1.165, 1.54) is 0 Å². The molecule has 0 fully saturated rings. The molecule has 0 radical (unpaired) electrons. The quantitative estimate of drug-likeness (QED) is 0.234. The highest BCUT2D eigenvalue weighted by atomic mass is 16.5. The molecule has 0 aliphatic rings. The minimum atomic E-state index is -0.815. The number of carbonyl (C=O) groups is 1. The maximum Gasteiger partial charge on any atom is 0.328 e. The second-order valence-electron chi connectivity index (χ2n) is 8.74. The molecule has 0 amide bonds. The van der Waals surface area contributed by atoms with Crippen LogP contribution in [0.1, 0.15) is 32.0 Å². The first-order chi connectivity index (χ1) is 17.9. The van der Waals surface area contributed by atoms with Gasteiger partial charge in [-0.2, -0.15) is 0 Å². The van der Waals surface area contributed by atoms with Gasteiger partial charge in [-0.3, -0.25) is 14.6 Å². The summed E-state index contributed by atoms with van der Waals surface area (Å²) in [6.07, 6.45) is 3.81. The van der Waals surface area contributed by atoms with Crippen molar-refractivity contribution in [1.29, 1.82) is 0 Å². The van der Waals surface area contributed by atoms with E-state index < -0.39 is 22.9 Å². The van der Waals surface area contributed by atoms with Crippen molar-refractivity contribution in [3.05, 3.63) is 80.5 Å². The molecule has 0 aliphatic carbocycles. The molecule has 192 valence electrons. The van der Waals surface area contributed by atoms with Gasteiger partial charge >= 0.3 is 5.97 Å². The van der Waals surface area contributed by atoms with Crippen LogP contribution in [0.4, 0.5) is 22.9 Å². The van der Waals surface area contributed by atoms with Crippen molar-refractivity contribution in [1.82, 2.24) is 9.97 Å². The van der Waals surface area contributed by atoms with Gasteiger partial charge in [0.2, 0.25) is 0 Å². The van der Waals surface area contributed by atoms with Crippen LogP contribution in [0.5, 0.6) is 0 Å². The van der Waals surface area contributed by atoms with Gasteiger partial charge in [-0.15, -0.1) is 0 Å². The number of nitrogens with one attached hydrogen (secondary N) is 2. The number of hydrogen-bond acceptors (Lipinski definition) is 9. The fourth-order valence-electron chi connectivity index (χ4n) is 4.38. The third kappa shape index (κ3) is 5.45. The summed E-state index contributed by atoms with van der Waals surface area (Å²) in [5.74, 6) is 0.233. The lowest BCUT2D eigenvalue weighted by molar-refractivity contribution is -0.144. The molecular weight excluding hydrogens is 470 g/mol. The highest BCUT2D eigenvalue weighted by molar-refractivity contribution is 5.93. The lowest BCUT2D eigenvalue weighted by Gasteiger charge is -2.27. The molecule has 1 atom stereocenters. The van der Waals surface area contributed by atoms with Crippen LogP contribution in [0.3, 0.4) is 0 Å². The number of rotatable bonds is 11. The molecule has 37 heavy (non-hydrogen) atoms. The molecule has 0 spiro atoms. The second kappa shape index (κ2) is 11.2. The summed E-state index contributed by atoms with van der Waals surface area (Å²) in [5.41, 5.74) is 1.96. The van der Waals surface area contributed by atoms with Gasteiger partial charge in [-0.25, -0.2) is 9.78 Å². The standard InChI is InChI=1S/C28H31N5O4/c1-5-33(6-2)24-23(25(34)26(24)35)32-22(28(36)37-7-3)15-18-8-10-20(11-9-18)31-27-21-16-29-13-12-19(21)14-17(4)30-27/h8-14,16,22,32H,5-7,15H2,1-4H3,(H,30,31)/t22-/m0/s1. The molecule has 2 aromatic heterocycles. The lowest BCUT2D eigenvalue weighted by atomic mass is 10.0. The zero-order valence-electron chi connectivity index (χ0n) is 21.5. The zero-order chi connectivity index (χ0) is 26.5. The number of hydrogen-bond donors (Lipinski definition) is 2. The van der Waals surface area contributed by atoms with Gasteiger partial charge in [-0.05, 0) is 62.9 Å². The molecule has 0 bridgehead atoms. The summed E-state index contributed by atoms with van der Waals surface area (Å²) in [6, 6.07) is 10.8. The average Bonchev–Trinajstić information content (AvgIpc) is 2.90. The number of benzene rings is 1. The fraction of sp³-hybridized carbons (Fsp3) is 0.321. The number of anilines is 4. The van der Waals surface area contributed by atoms with Crippen molar-refractivity contribution in [3.8, 4) is 0 Å². The maximum atomic E-state index is 12.7. The van der Waals surface area contributed by atoms with Gasteiger partial charge in [0.1, 0.15) is 23.2 Å². The van der Waals surface area contributed by atoms with E-state index in [1.807, 2.05) is 62.1 Å². The third-order valence-electron chi connectivity index (χ3n) is 6.27. The van der Waals surface area contributed by atoms with Crippen LogP contribution in [0, 0.1) is 6.92 Å². The third-order valence-corrected chi connectivity index (χ3v) is 6.27. The number of nitrogens with zero attached hydrogens (tertiary/aromatic N) is 3. The Morgan fingerprint density at radius 2 is 1.78 bits per heavy atom. The number of esters is 1. The van der Waals surface area contributed by atoms with Crippen LogP contribution < -0.4 is 26.4 Å². The Hall–Kier alpha value is -4.27. The summed E-state index contributed by atoms with van der Waals surface area (Å²) in [4.78, 5) is 48.0. The van der Waals surface area contributed by atoms with Crippen LogP contribution in [0.25, 0.3) is 10.8 Å². The van der Waals surface area contributed by atoms with E-state index in [2.05, 4.69) is 20.6 Å². The van der Waals surface area contributed by atoms with E-state index in [0.717, 1.165) is 27.7 Å². The van der Waals surface area contributed by atoms with E-state index >= 15 is 0 Å². The second-order valence-corrected chi connectivity index (χ2v) is 8.74. The fourth-order valence-corrected chi connectivity index (χ4v) is 4.38. The molecule has 9 nitrogen and oxygen atoms in total. The monoisotopic (exact) mass is 501 g/mol. The maximum absolute atomic E-state index is 12.7. The smallest absolute Gasteiger partial charge is 0.328 e. The minimum Gasteiger partial charge on any atom is -0.464 e. The van der Waals surface area contributed by atoms with E-state index in [-0.39, 0.29) is 18.7 Å². The Labute approximate surface area is 215 Å². The van der Waals surface area contributed by atoms with Gasteiger partial charge in [0.25, 0.3) is 10.9 Å². The number of aryl methyl sites for hydroxylation is 1. The Balaban J connectivity index is 1.54. The molecule has 2 N–H and O–H groups in total. The number of fused-ring (bicyclic) bond motifs is 1. The van der Waals surface area contributed by atoms with Crippen LogP contribution in [-0.2, 0) is 16.0 Å². The van der Waals surface area contributed by atoms with Gasteiger partial charge in [0.05, 0.1) is 6.61 Å². The summed E-state index contributed by atoms with van der Waals surface area (Å²) in [6.45, 7) is 8.86. The minimum absolute atomic E-state index is 0.177. The summed E-state index contributed by atoms with van der Waals surface area (Å²) in [7, 11) is 0. The molecule has 2 heterocycles. The molecular formula is C28H31N5O4. The molecule has 4 rings (SSSR count). The predicted octanol–water partition coefficient (Wildman–Crippen LogP) is 3.71. The molecule has 0 unspecified atom stereocenters. The number of pyridine rings is 2. The van der Waals surface area contributed by atoms with Crippen molar-refractivity contribution in [2.45, 2.75) is 40.2 Å². The Bertz CT molecular complexity index is 1470. The first kappa shape index (κ1) is 25.8. The van der Waals surface area contributed by atoms with Gasteiger partial charge in [0, 0.05) is 48.7 Å². The Kier molecular flexibility index (Phi) is 7.81. The molecule has 0 saturated carbocycles. The predicted molar refractivity (Wildman–Crippen MR) is 147 cm³/mol. The zero-order valence-corrected chi connectivity index (χ0v) is 21.5. The van der Waals surface area contributed by atoms with Crippen LogP contribution in [-0.4, -0.2) is 41.7 Å². The molecule has 9 heteroatoms. The number of ether oxygens (including phenoxy) is 1. The van der Waals surface area contributed by atoms with Crippen molar-refractivity contribution in [3.63, 3.8) is 0 Å². The normalized spacial score (nSPS) is 11.9. The number of carbonyl (C=O) groups excluding carboxylic acids is 1. The van der Waals surface area contributed by atoms with E-state index in [0.29, 0.717) is 24.6 Å². The Morgan fingerprint density at radius 3 is 2.46 bits per heavy atom. The first-order valence-electron chi connectivity index (χ1n) is 12.4. The topological polar surface area (TPSA) is 114 Å². The largest absolute Gasteiger partial charge is 0.464 e. The van der Waals surface area contributed by atoms with Gasteiger partial charge in [-0.1, -0.05) is 12.1 Å². The van der Waals surface area contributed by atoms with Gasteiger partial charge in [0.15, 0.2) is 0 Å². The van der Waals surface area contributed by atoms with Crippen molar-refractivity contribution < 1.29 is 9.53 Å².